The summed E-state index contributed by atoms with van der Waals surface area (Å²) in [5.41, 5.74) is 2.44. The molecule has 0 amide bonds. The summed E-state index contributed by atoms with van der Waals surface area (Å²) in [5.74, 6) is 0. The molecule has 1 aromatic carbocycles. The maximum Gasteiger partial charge on any atom is 0.0968 e. The number of rotatable bonds is 4. The molecule has 2 heterocycles. The Labute approximate surface area is 113 Å². The van der Waals surface area contributed by atoms with Crippen molar-refractivity contribution in [3.05, 3.63) is 36.0 Å². The molecule has 1 aromatic heterocycles. The van der Waals surface area contributed by atoms with Crippen LogP contribution in [0.15, 0.2) is 30.5 Å². The van der Waals surface area contributed by atoms with Crippen LogP contribution < -0.4 is 5.32 Å². The van der Waals surface area contributed by atoms with Gasteiger partial charge in [-0.3, -0.25) is 4.90 Å². The van der Waals surface area contributed by atoms with Gasteiger partial charge < -0.3 is 15.0 Å². The minimum Gasteiger partial charge on any atom is -0.375 e. The molecule has 0 spiro atoms. The molecule has 4 heteroatoms. The molecule has 2 aromatic rings. The van der Waals surface area contributed by atoms with Crippen LogP contribution in [0.4, 0.5) is 0 Å². The highest BCUT2D eigenvalue weighted by Crippen LogP contribution is 2.26. The van der Waals surface area contributed by atoms with Gasteiger partial charge in [0.2, 0.25) is 0 Å². The van der Waals surface area contributed by atoms with Gasteiger partial charge in [-0.15, -0.1) is 0 Å². The quantitative estimate of drug-likeness (QED) is 0.879. The van der Waals surface area contributed by atoms with Crippen molar-refractivity contribution in [1.29, 1.82) is 0 Å². The number of aromatic nitrogens is 1. The van der Waals surface area contributed by atoms with Crippen LogP contribution in [-0.2, 0) is 4.74 Å². The maximum absolute atomic E-state index is 5.72. The highest BCUT2D eigenvalue weighted by atomic mass is 16.5. The second kappa shape index (κ2) is 5.74. The highest BCUT2D eigenvalue weighted by molar-refractivity contribution is 5.83. The van der Waals surface area contributed by atoms with Crippen molar-refractivity contribution in [2.75, 3.05) is 39.8 Å². The predicted octanol–water partition coefficient (Wildman–Crippen LogP) is 1.76. The zero-order valence-corrected chi connectivity index (χ0v) is 11.4. The molecule has 1 fully saturated rings. The van der Waals surface area contributed by atoms with Crippen molar-refractivity contribution in [1.82, 2.24) is 15.2 Å². The summed E-state index contributed by atoms with van der Waals surface area (Å²) in [4.78, 5) is 5.79. The summed E-state index contributed by atoms with van der Waals surface area (Å²) in [6.07, 6.45) is 2.22. The van der Waals surface area contributed by atoms with Gasteiger partial charge >= 0.3 is 0 Å². The Balaban J connectivity index is 1.81. The molecule has 0 saturated carbocycles. The smallest absolute Gasteiger partial charge is 0.0968 e. The van der Waals surface area contributed by atoms with E-state index in [2.05, 4.69) is 45.7 Å². The molecule has 2 N–H and O–H groups in total. The van der Waals surface area contributed by atoms with Crippen LogP contribution in [-0.4, -0.2) is 49.7 Å². The van der Waals surface area contributed by atoms with Gasteiger partial charge in [-0.1, -0.05) is 18.2 Å². The van der Waals surface area contributed by atoms with E-state index >= 15 is 0 Å². The van der Waals surface area contributed by atoms with Crippen LogP contribution in [0, 0.1) is 0 Å². The van der Waals surface area contributed by atoms with Gasteiger partial charge in [-0.25, -0.2) is 0 Å². The molecule has 1 atom stereocenters. The van der Waals surface area contributed by atoms with Gasteiger partial charge in [0.1, 0.15) is 0 Å². The number of aromatic amines is 1. The standard InChI is InChI=1S/C15H21N3O/c1-19-15(11-18-8-6-16-7-9-18)13-10-17-14-5-3-2-4-12(13)14/h2-5,10,15-17H,6-9,11H2,1H3. The number of hydrogen-bond donors (Lipinski definition) is 2. The van der Waals surface area contributed by atoms with Crippen LogP contribution in [0.5, 0.6) is 0 Å². The first-order valence-electron chi connectivity index (χ1n) is 6.90. The van der Waals surface area contributed by atoms with E-state index in [9.17, 15) is 0 Å². The number of benzene rings is 1. The monoisotopic (exact) mass is 259 g/mol. The van der Waals surface area contributed by atoms with E-state index in [0.29, 0.717) is 0 Å². The van der Waals surface area contributed by atoms with Crippen LogP contribution in [0.1, 0.15) is 11.7 Å². The van der Waals surface area contributed by atoms with Crippen molar-refractivity contribution >= 4 is 10.9 Å². The lowest BCUT2D eigenvalue weighted by atomic mass is 10.1. The van der Waals surface area contributed by atoms with Crippen LogP contribution >= 0.6 is 0 Å². The molecule has 1 saturated heterocycles. The third-order valence-corrected chi connectivity index (χ3v) is 3.89. The van der Waals surface area contributed by atoms with E-state index in [-0.39, 0.29) is 6.10 Å². The first kappa shape index (κ1) is 12.7. The second-order valence-electron chi connectivity index (χ2n) is 5.06. The van der Waals surface area contributed by atoms with E-state index in [1.54, 1.807) is 7.11 Å². The number of nitrogens with one attached hydrogen (secondary N) is 2. The van der Waals surface area contributed by atoms with E-state index in [1.165, 1.54) is 16.5 Å². The number of para-hydroxylation sites is 1. The van der Waals surface area contributed by atoms with Crippen molar-refractivity contribution in [2.45, 2.75) is 6.10 Å². The summed E-state index contributed by atoms with van der Waals surface area (Å²) in [7, 11) is 1.80. The fourth-order valence-corrected chi connectivity index (χ4v) is 2.79. The Hall–Kier alpha value is -1.36. The van der Waals surface area contributed by atoms with Crippen molar-refractivity contribution in [3.8, 4) is 0 Å². The summed E-state index contributed by atoms with van der Waals surface area (Å²) < 4.78 is 5.72. The third kappa shape index (κ3) is 2.66. The number of methoxy groups -OCH3 is 1. The fourth-order valence-electron chi connectivity index (χ4n) is 2.79. The number of ether oxygens (including phenoxy) is 1. The predicted molar refractivity (Wildman–Crippen MR) is 77.4 cm³/mol. The van der Waals surface area contributed by atoms with Crippen LogP contribution in [0.2, 0.25) is 0 Å². The lowest BCUT2D eigenvalue weighted by molar-refractivity contribution is 0.0603. The molecule has 0 bridgehead atoms. The average Bonchev–Trinajstić information content (AvgIpc) is 2.90. The number of nitrogens with zero attached hydrogens (tertiary/aromatic N) is 1. The van der Waals surface area contributed by atoms with Gasteiger partial charge in [0.25, 0.3) is 0 Å². The summed E-state index contributed by atoms with van der Waals surface area (Å²) in [6.45, 7) is 5.30. The SMILES string of the molecule is COC(CN1CCNCC1)c1c[nH]c2ccccc12. The lowest BCUT2D eigenvalue weighted by Crippen LogP contribution is -2.45. The Kier molecular flexibility index (Phi) is 3.82. The first-order chi connectivity index (χ1) is 9.38. The molecule has 0 radical (unpaired) electrons. The summed E-state index contributed by atoms with van der Waals surface area (Å²) in [5, 5.41) is 4.65. The molecular formula is C15H21N3O. The normalized spacial score (nSPS) is 18.8. The Morgan fingerprint density at radius 3 is 2.84 bits per heavy atom. The van der Waals surface area contributed by atoms with E-state index in [4.69, 9.17) is 4.74 Å². The van der Waals surface area contributed by atoms with Gasteiger partial charge in [0, 0.05) is 62.5 Å². The molecule has 102 valence electrons. The number of piperazine rings is 1. The molecule has 19 heavy (non-hydrogen) atoms. The van der Waals surface area contributed by atoms with Gasteiger partial charge in [-0.2, -0.15) is 0 Å². The van der Waals surface area contributed by atoms with Crippen LogP contribution in [0.25, 0.3) is 10.9 Å². The molecule has 1 aliphatic rings. The van der Waals surface area contributed by atoms with Crippen molar-refractivity contribution < 1.29 is 4.74 Å². The van der Waals surface area contributed by atoms with Crippen LogP contribution in [0.3, 0.4) is 0 Å². The molecular weight excluding hydrogens is 238 g/mol. The molecule has 4 nitrogen and oxygen atoms in total. The topological polar surface area (TPSA) is 40.3 Å². The fraction of sp³-hybridized carbons (Fsp3) is 0.467. The number of hydrogen-bond acceptors (Lipinski definition) is 3. The largest absolute Gasteiger partial charge is 0.375 e. The highest BCUT2D eigenvalue weighted by Gasteiger charge is 2.19. The Bertz CT molecular complexity index is 531. The van der Waals surface area contributed by atoms with Crippen molar-refractivity contribution in [3.63, 3.8) is 0 Å². The Morgan fingerprint density at radius 2 is 2.05 bits per heavy atom. The van der Waals surface area contributed by atoms with Gasteiger partial charge in [0.05, 0.1) is 6.10 Å². The zero-order chi connectivity index (χ0) is 13.1. The molecule has 3 rings (SSSR count). The summed E-state index contributed by atoms with van der Waals surface area (Å²) in [6, 6.07) is 8.40. The molecule has 1 aliphatic heterocycles. The maximum atomic E-state index is 5.72. The number of H-pyrrole nitrogens is 1. The van der Waals surface area contributed by atoms with E-state index in [0.717, 1.165) is 32.7 Å². The third-order valence-electron chi connectivity index (χ3n) is 3.89. The molecule has 0 aliphatic carbocycles. The van der Waals surface area contributed by atoms with E-state index in [1.807, 2.05) is 0 Å². The van der Waals surface area contributed by atoms with E-state index < -0.39 is 0 Å². The number of fused-ring (bicyclic) bond motifs is 1. The van der Waals surface area contributed by atoms with Crippen molar-refractivity contribution in [2.24, 2.45) is 0 Å². The summed E-state index contributed by atoms with van der Waals surface area (Å²) >= 11 is 0. The minimum absolute atomic E-state index is 0.134. The minimum atomic E-state index is 0.134. The zero-order valence-electron chi connectivity index (χ0n) is 11.4. The first-order valence-corrected chi connectivity index (χ1v) is 6.90. The molecule has 1 unspecified atom stereocenters. The Morgan fingerprint density at radius 1 is 1.26 bits per heavy atom. The second-order valence-corrected chi connectivity index (χ2v) is 5.06. The van der Waals surface area contributed by atoms with Gasteiger partial charge in [-0.05, 0) is 6.07 Å². The van der Waals surface area contributed by atoms with Gasteiger partial charge in [0.15, 0.2) is 0 Å². The lowest BCUT2D eigenvalue weighted by Gasteiger charge is -2.30. The average molecular weight is 259 g/mol.